The molecule has 5 heteroatoms. The van der Waals surface area contributed by atoms with Crippen LogP contribution in [-0.2, 0) is 12.8 Å². The van der Waals surface area contributed by atoms with Gasteiger partial charge in [-0.3, -0.25) is 4.79 Å². The second kappa shape index (κ2) is 6.50. The van der Waals surface area contributed by atoms with Gasteiger partial charge in [-0.05, 0) is 62.8 Å². The van der Waals surface area contributed by atoms with Gasteiger partial charge in [-0.15, -0.1) is 11.3 Å². The average molecular weight is 373 g/mol. The number of H-pyrrole nitrogens is 1. The van der Waals surface area contributed by atoms with E-state index in [1.165, 1.54) is 35.2 Å². The molecule has 0 spiro atoms. The molecule has 0 bridgehead atoms. The number of fused-ring (bicyclic) bond motifs is 3. The standard InChI is InChI=1S/C20H21ClN2OS/c1-11-8-9-16(14(21)10-11)23-20(24)17-12(2)25-19-13-6-4-3-5-7-15(13)22-18(17)19/h8-10,22H,3-7H2,1-2H3,(H,23,24). The molecule has 0 fully saturated rings. The van der Waals surface area contributed by atoms with Crippen molar-refractivity contribution in [3.8, 4) is 0 Å². The number of thiophene rings is 1. The summed E-state index contributed by atoms with van der Waals surface area (Å²) in [6.45, 7) is 4.00. The third-order valence-electron chi connectivity index (χ3n) is 4.95. The average Bonchev–Trinajstić information content (AvgIpc) is 2.94. The molecule has 0 saturated carbocycles. The van der Waals surface area contributed by atoms with Gasteiger partial charge in [0.2, 0.25) is 0 Å². The minimum Gasteiger partial charge on any atom is -0.357 e. The Kier molecular flexibility index (Phi) is 4.34. The van der Waals surface area contributed by atoms with E-state index in [4.69, 9.17) is 11.6 Å². The Bertz CT molecular complexity index is 970. The summed E-state index contributed by atoms with van der Waals surface area (Å²) in [5.41, 5.74) is 6.23. The molecule has 0 radical (unpaired) electrons. The van der Waals surface area contributed by atoms with Gasteiger partial charge in [0.05, 0.1) is 26.5 Å². The van der Waals surface area contributed by atoms with E-state index in [-0.39, 0.29) is 5.91 Å². The van der Waals surface area contributed by atoms with Gasteiger partial charge >= 0.3 is 0 Å². The van der Waals surface area contributed by atoms with Gasteiger partial charge in [0.1, 0.15) is 0 Å². The summed E-state index contributed by atoms with van der Waals surface area (Å²) in [5.74, 6) is -0.0917. The third kappa shape index (κ3) is 2.98. The summed E-state index contributed by atoms with van der Waals surface area (Å²) >= 11 is 8.00. The maximum atomic E-state index is 12.9. The van der Waals surface area contributed by atoms with E-state index in [9.17, 15) is 4.79 Å². The molecule has 1 aliphatic carbocycles. The fourth-order valence-electron chi connectivity index (χ4n) is 3.68. The van der Waals surface area contributed by atoms with Crippen LogP contribution in [0.15, 0.2) is 18.2 Å². The van der Waals surface area contributed by atoms with E-state index < -0.39 is 0 Å². The Morgan fingerprint density at radius 2 is 2.00 bits per heavy atom. The highest BCUT2D eigenvalue weighted by Crippen LogP contribution is 2.38. The molecule has 2 aromatic heterocycles. The zero-order valence-electron chi connectivity index (χ0n) is 14.5. The van der Waals surface area contributed by atoms with Crippen molar-refractivity contribution < 1.29 is 4.79 Å². The van der Waals surface area contributed by atoms with Gasteiger partial charge in [-0.2, -0.15) is 0 Å². The smallest absolute Gasteiger partial charge is 0.258 e. The summed E-state index contributed by atoms with van der Waals surface area (Å²) in [7, 11) is 0. The van der Waals surface area contributed by atoms with Crippen LogP contribution in [0.1, 0.15) is 51.3 Å². The molecule has 2 N–H and O–H groups in total. The van der Waals surface area contributed by atoms with Crippen molar-refractivity contribution in [1.29, 1.82) is 0 Å². The van der Waals surface area contributed by atoms with Crippen molar-refractivity contribution in [2.75, 3.05) is 5.32 Å². The van der Waals surface area contributed by atoms with Gasteiger partial charge in [-0.1, -0.05) is 24.1 Å². The molecule has 25 heavy (non-hydrogen) atoms. The molecule has 0 saturated heterocycles. The molecular formula is C20H21ClN2OS. The molecule has 1 aliphatic rings. The number of aromatic nitrogens is 1. The number of aromatic amines is 1. The number of halogens is 1. The number of hydrogen-bond donors (Lipinski definition) is 2. The van der Waals surface area contributed by atoms with Gasteiger partial charge in [-0.25, -0.2) is 0 Å². The molecule has 1 amide bonds. The fraction of sp³-hybridized carbons (Fsp3) is 0.350. The Balaban J connectivity index is 1.73. The zero-order chi connectivity index (χ0) is 17.6. The first-order valence-electron chi connectivity index (χ1n) is 8.75. The molecular weight excluding hydrogens is 352 g/mol. The Labute approximate surface area is 156 Å². The summed E-state index contributed by atoms with van der Waals surface area (Å²) in [6, 6.07) is 5.68. The van der Waals surface area contributed by atoms with Gasteiger partial charge in [0.25, 0.3) is 5.91 Å². The maximum absolute atomic E-state index is 12.9. The van der Waals surface area contributed by atoms with E-state index in [2.05, 4.69) is 10.3 Å². The Morgan fingerprint density at radius 1 is 1.20 bits per heavy atom. The van der Waals surface area contributed by atoms with Crippen LogP contribution >= 0.6 is 22.9 Å². The monoisotopic (exact) mass is 372 g/mol. The van der Waals surface area contributed by atoms with Crippen molar-refractivity contribution in [1.82, 2.24) is 4.98 Å². The number of rotatable bonds is 2. The predicted octanol–water partition coefficient (Wildman–Crippen LogP) is 6.02. The number of benzene rings is 1. The number of amides is 1. The quantitative estimate of drug-likeness (QED) is 0.530. The number of carbonyl (C=O) groups is 1. The lowest BCUT2D eigenvalue weighted by atomic mass is 10.1. The van der Waals surface area contributed by atoms with Gasteiger partial charge < -0.3 is 10.3 Å². The number of aryl methyl sites for hydroxylation is 4. The first kappa shape index (κ1) is 16.7. The van der Waals surface area contributed by atoms with Crippen LogP contribution < -0.4 is 5.32 Å². The van der Waals surface area contributed by atoms with Crippen molar-refractivity contribution >= 4 is 44.7 Å². The Hall–Kier alpha value is -1.78. The molecule has 4 rings (SSSR count). The molecule has 0 atom stereocenters. The van der Waals surface area contributed by atoms with Crippen molar-refractivity contribution in [3.63, 3.8) is 0 Å². The van der Waals surface area contributed by atoms with Crippen LogP contribution in [0.4, 0.5) is 5.69 Å². The van der Waals surface area contributed by atoms with Crippen LogP contribution in [0, 0.1) is 13.8 Å². The first-order chi connectivity index (χ1) is 12.0. The first-order valence-corrected chi connectivity index (χ1v) is 9.94. The second-order valence-electron chi connectivity index (χ2n) is 6.82. The lowest BCUT2D eigenvalue weighted by molar-refractivity contribution is 0.102. The molecule has 1 aromatic carbocycles. The molecule has 3 aromatic rings. The second-order valence-corrected chi connectivity index (χ2v) is 8.45. The lowest BCUT2D eigenvalue weighted by Gasteiger charge is -2.08. The number of anilines is 1. The third-order valence-corrected chi connectivity index (χ3v) is 6.43. The topological polar surface area (TPSA) is 44.9 Å². The predicted molar refractivity (Wildman–Crippen MR) is 106 cm³/mol. The summed E-state index contributed by atoms with van der Waals surface area (Å²) in [4.78, 5) is 17.5. The minimum atomic E-state index is -0.0917. The SMILES string of the molecule is Cc1ccc(NC(=O)c2c(C)sc3c4c([nH]c23)CCCCC4)c(Cl)c1. The van der Waals surface area contributed by atoms with Gasteiger partial charge in [0, 0.05) is 10.6 Å². The fourth-order valence-corrected chi connectivity index (χ4v) is 5.17. The van der Waals surface area contributed by atoms with E-state index in [1.807, 2.05) is 32.0 Å². The summed E-state index contributed by atoms with van der Waals surface area (Å²) < 4.78 is 1.26. The van der Waals surface area contributed by atoms with Gasteiger partial charge in [0.15, 0.2) is 0 Å². The van der Waals surface area contributed by atoms with Crippen LogP contribution in [0.25, 0.3) is 10.2 Å². The zero-order valence-corrected chi connectivity index (χ0v) is 16.0. The summed E-state index contributed by atoms with van der Waals surface area (Å²) in [5, 5.41) is 3.55. The van der Waals surface area contributed by atoms with Crippen LogP contribution in [-0.4, -0.2) is 10.9 Å². The van der Waals surface area contributed by atoms with Crippen molar-refractivity contribution in [2.45, 2.75) is 46.0 Å². The largest absolute Gasteiger partial charge is 0.357 e. The number of nitrogens with one attached hydrogen (secondary N) is 2. The van der Waals surface area contributed by atoms with Crippen LogP contribution in [0.2, 0.25) is 5.02 Å². The molecule has 130 valence electrons. The highest BCUT2D eigenvalue weighted by molar-refractivity contribution is 7.19. The van der Waals surface area contributed by atoms with Crippen molar-refractivity contribution in [3.05, 3.63) is 50.5 Å². The normalized spacial score (nSPS) is 14.4. The highest BCUT2D eigenvalue weighted by atomic mass is 35.5. The maximum Gasteiger partial charge on any atom is 0.258 e. The van der Waals surface area contributed by atoms with E-state index in [0.717, 1.165) is 34.4 Å². The molecule has 2 heterocycles. The van der Waals surface area contributed by atoms with E-state index >= 15 is 0 Å². The Morgan fingerprint density at radius 3 is 2.80 bits per heavy atom. The molecule has 3 nitrogen and oxygen atoms in total. The molecule has 0 aliphatic heterocycles. The van der Waals surface area contributed by atoms with Crippen LogP contribution in [0.3, 0.4) is 0 Å². The number of hydrogen-bond acceptors (Lipinski definition) is 2. The van der Waals surface area contributed by atoms with Crippen LogP contribution in [0.5, 0.6) is 0 Å². The number of carbonyl (C=O) groups excluding carboxylic acids is 1. The minimum absolute atomic E-state index is 0.0917. The van der Waals surface area contributed by atoms with E-state index in [0.29, 0.717) is 10.7 Å². The lowest BCUT2D eigenvalue weighted by Crippen LogP contribution is -2.13. The summed E-state index contributed by atoms with van der Waals surface area (Å²) in [6.07, 6.45) is 5.94. The van der Waals surface area contributed by atoms with Crippen molar-refractivity contribution in [2.24, 2.45) is 0 Å². The highest BCUT2D eigenvalue weighted by Gasteiger charge is 2.23. The van der Waals surface area contributed by atoms with E-state index in [1.54, 1.807) is 11.3 Å². The molecule has 0 unspecified atom stereocenters.